The van der Waals surface area contributed by atoms with Crippen LogP contribution in [0.2, 0.25) is 0 Å². The lowest BCUT2D eigenvalue weighted by Crippen LogP contribution is -2.34. The van der Waals surface area contributed by atoms with E-state index < -0.39 is 11.6 Å². The Hall–Kier alpha value is -1.23. The van der Waals surface area contributed by atoms with Crippen molar-refractivity contribution in [3.63, 3.8) is 0 Å². The molecule has 1 aromatic rings. The molecular formula is C10H12F2N2S. The van der Waals surface area contributed by atoms with E-state index in [4.69, 9.17) is 12.2 Å². The van der Waals surface area contributed by atoms with Crippen LogP contribution < -0.4 is 10.6 Å². The Morgan fingerprint density at radius 1 is 1.33 bits per heavy atom. The molecular weight excluding hydrogens is 218 g/mol. The Balaban J connectivity index is 2.73. The molecule has 0 fully saturated rings. The first-order chi connectivity index (χ1) is 7.00. The van der Waals surface area contributed by atoms with Crippen molar-refractivity contribution >= 4 is 23.0 Å². The highest BCUT2D eigenvalue weighted by atomic mass is 32.1. The molecule has 0 saturated carbocycles. The number of anilines is 1. The highest BCUT2D eigenvalue weighted by Gasteiger charge is 2.08. The molecule has 0 bridgehead atoms. The summed E-state index contributed by atoms with van der Waals surface area (Å²) in [5, 5.41) is 5.73. The minimum atomic E-state index is -0.926. The molecule has 2 N–H and O–H groups in total. The van der Waals surface area contributed by atoms with Crippen LogP contribution in [0.4, 0.5) is 14.5 Å². The summed E-state index contributed by atoms with van der Waals surface area (Å²) >= 11 is 4.90. The number of hydrogen-bond acceptors (Lipinski definition) is 1. The minimum absolute atomic E-state index is 0.0353. The van der Waals surface area contributed by atoms with Crippen LogP contribution in [0.1, 0.15) is 13.8 Å². The lowest BCUT2D eigenvalue weighted by molar-refractivity contribution is 0.512. The van der Waals surface area contributed by atoms with Crippen LogP contribution in [0.15, 0.2) is 18.2 Å². The van der Waals surface area contributed by atoms with Gasteiger partial charge in [0.1, 0.15) is 0 Å². The van der Waals surface area contributed by atoms with E-state index in [1.807, 2.05) is 13.8 Å². The van der Waals surface area contributed by atoms with E-state index in [0.717, 1.165) is 6.07 Å². The number of rotatable bonds is 2. The van der Waals surface area contributed by atoms with E-state index in [0.29, 0.717) is 0 Å². The number of hydrogen-bond donors (Lipinski definition) is 2. The van der Waals surface area contributed by atoms with Gasteiger partial charge in [-0.2, -0.15) is 0 Å². The van der Waals surface area contributed by atoms with Crippen molar-refractivity contribution in [3.8, 4) is 0 Å². The van der Waals surface area contributed by atoms with Crippen LogP contribution in [0.25, 0.3) is 0 Å². The van der Waals surface area contributed by atoms with E-state index >= 15 is 0 Å². The van der Waals surface area contributed by atoms with E-state index in [9.17, 15) is 8.78 Å². The molecule has 0 amide bonds. The smallest absolute Gasteiger partial charge is 0.182 e. The topological polar surface area (TPSA) is 24.1 Å². The summed E-state index contributed by atoms with van der Waals surface area (Å²) in [5.41, 5.74) is 0.0353. The van der Waals surface area contributed by atoms with Crippen molar-refractivity contribution in [1.82, 2.24) is 5.32 Å². The zero-order chi connectivity index (χ0) is 11.4. The first kappa shape index (κ1) is 11.8. The fourth-order valence-electron chi connectivity index (χ4n) is 1.02. The van der Waals surface area contributed by atoms with Gasteiger partial charge in [0.25, 0.3) is 0 Å². The Morgan fingerprint density at radius 3 is 2.60 bits per heavy atom. The Kier molecular flexibility index (Phi) is 3.96. The van der Waals surface area contributed by atoms with Gasteiger partial charge in [0.05, 0.1) is 5.69 Å². The van der Waals surface area contributed by atoms with Crippen molar-refractivity contribution in [3.05, 3.63) is 29.8 Å². The predicted molar refractivity (Wildman–Crippen MR) is 60.9 cm³/mol. The largest absolute Gasteiger partial charge is 0.360 e. The Bertz CT molecular complexity index is 366. The van der Waals surface area contributed by atoms with Gasteiger partial charge in [-0.15, -0.1) is 0 Å². The number of nitrogens with one attached hydrogen (secondary N) is 2. The third kappa shape index (κ3) is 3.43. The fraction of sp³-hybridized carbons (Fsp3) is 0.300. The molecule has 0 spiro atoms. The van der Waals surface area contributed by atoms with E-state index in [-0.39, 0.29) is 16.8 Å². The second-order valence-corrected chi connectivity index (χ2v) is 3.76. The van der Waals surface area contributed by atoms with Gasteiger partial charge in [-0.1, -0.05) is 6.07 Å². The van der Waals surface area contributed by atoms with Gasteiger partial charge in [0.2, 0.25) is 0 Å². The Morgan fingerprint density at radius 2 is 2.00 bits per heavy atom. The molecule has 1 rings (SSSR count). The maximum atomic E-state index is 13.2. The number of benzene rings is 1. The van der Waals surface area contributed by atoms with Crippen LogP contribution in [0.5, 0.6) is 0 Å². The first-order valence-electron chi connectivity index (χ1n) is 4.52. The zero-order valence-electron chi connectivity index (χ0n) is 8.47. The summed E-state index contributed by atoms with van der Waals surface area (Å²) in [6.45, 7) is 3.80. The van der Waals surface area contributed by atoms with Gasteiger partial charge in [0, 0.05) is 6.04 Å². The van der Waals surface area contributed by atoms with Crippen molar-refractivity contribution in [2.75, 3.05) is 5.32 Å². The molecule has 0 aromatic heterocycles. The predicted octanol–water partition coefficient (Wildman–Crippen LogP) is 2.66. The maximum Gasteiger partial charge on any atom is 0.182 e. The lowest BCUT2D eigenvalue weighted by atomic mass is 10.3. The molecule has 0 saturated heterocycles. The van der Waals surface area contributed by atoms with E-state index in [1.165, 1.54) is 12.1 Å². The minimum Gasteiger partial charge on any atom is -0.360 e. The zero-order valence-corrected chi connectivity index (χ0v) is 9.29. The quantitative estimate of drug-likeness (QED) is 0.764. The molecule has 0 radical (unpaired) electrons. The van der Waals surface area contributed by atoms with E-state index in [1.54, 1.807) is 0 Å². The molecule has 0 aliphatic rings. The summed E-state index contributed by atoms with van der Waals surface area (Å²) in [6.07, 6.45) is 0. The maximum absolute atomic E-state index is 13.2. The van der Waals surface area contributed by atoms with Gasteiger partial charge in [-0.25, -0.2) is 8.78 Å². The average Bonchev–Trinajstić information content (AvgIpc) is 2.11. The SMILES string of the molecule is CC(C)NC(=S)Nc1cccc(F)c1F. The van der Waals surface area contributed by atoms with Crippen molar-refractivity contribution < 1.29 is 8.78 Å². The molecule has 82 valence electrons. The molecule has 5 heteroatoms. The van der Waals surface area contributed by atoms with Gasteiger partial charge in [-0.3, -0.25) is 0 Å². The third-order valence-corrected chi connectivity index (χ3v) is 1.84. The van der Waals surface area contributed by atoms with Crippen LogP contribution in [-0.4, -0.2) is 11.2 Å². The second-order valence-electron chi connectivity index (χ2n) is 3.35. The van der Waals surface area contributed by atoms with Crippen LogP contribution >= 0.6 is 12.2 Å². The molecule has 0 aliphatic carbocycles. The number of halogens is 2. The van der Waals surface area contributed by atoms with Gasteiger partial charge in [0.15, 0.2) is 16.7 Å². The fourth-order valence-corrected chi connectivity index (χ4v) is 1.37. The van der Waals surface area contributed by atoms with Crippen LogP contribution in [-0.2, 0) is 0 Å². The molecule has 15 heavy (non-hydrogen) atoms. The Labute approximate surface area is 92.7 Å². The molecule has 0 aliphatic heterocycles. The summed E-state index contributed by atoms with van der Waals surface area (Å²) in [7, 11) is 0. The highest BCUT2D eigenvalue weighted by molar-refractivity contribution is 7.80. The van der Waals surface area contributed by atoms with Gasteiger partial charge < -0.3 is 10.6 Å². The van der Waals surface area contributed by atoms with Crippen molar-refractivity contribution in [2.24, 2.45) is 0 Å². The molecule has 1 aromatic carbocycles. The van der Waals surface area contributed by atoms with Crippen molar-refractivity contribution in [2.45, 2.75) is 19.9 Å². The number of thiocarbonyl (C=S) groups is 1. The third-order valence-electron chi connectivity index (χ3n) is 1.62. The second kappa shape index (κ2) is 5.02. The van der Waals surface area contributed by atoms with Crippen molar-refractivity contribution in [1.29, 1.82) is 0 Å². The first-order valence-corrected chi connectivity index (χ1v) is 4.93. The highest BCUT2D eigenvalue weighted by Crippen LogP contribution is 2.16. The normalized spacial score (nSPS) is 10.2. The molecule has 0 heterocycles. The van der Waals surface area contributed by atoms with Crippen LogP contribution in [0.3, 0.4) is 0 Å². The lowest BCUT2D eigenvalue weighted by Gasteiger charge is -2.13. The summed E-state index contributed by atoms with van der Waals surface area (Å²) in [4.78, 5) is 0. The molecule has 0 atom stereocenters. The van der Waals surface area contributed by atoms with Gasteiger partial charge in [-0.05, 0) is 38.2 Å². The van der Waals surface area contributed by atoms with E-state index in [2.05, 4.69) is 10.6 Å². The monoisotopic (exact) mass is 230 g/mol. The molecule has 2 nitrogen and oxygen atoms in total. The standard InChI is InChI=1S/C10H12F2N2S/c1-6(2)13-10(15)14-8-5-3-4-7(11)9(8)12/h3-6H,1-2H3,(H2,13,14,15). The summed E-state index contributed by atoms with van der Waals surface area (Å²) in [6, 6.07) is 4.03. The average molecular weight is 230 g/mol. The summed E-state index contributed by atoms with van der Waals surface area (Å²) in [5.74, 6) is -1.82. The van der Waals surface area contributed by atoms with Gasteiger partial charge >= 0.3 is 0 Å². The summed E-state index contributed by atoms with van der Waals surface area (Å²) < 4.78 is 26.0. The van der Waals surface area contributed by atoms with Crippen LogP contribution in [0, 0.1) is 11.6 Å². The molecule has 0 unspecified atom stereocenters.